The Balaban J connectivity index is 2.93. The molecule has 17 heavy (non-hydrogen) atoms. The van der Waals surface area contributed by atoms with E-state index in [1.807, 2.05) is 19.1 Å². The number of benzene rings is 1. The molecule has 0 atom stereocenters. The molecular formula is C13H20BrNO2. The van der Waals surface area contributed by atoms with Crippen molar-refractivity contribution in [3.63, 3.8) is 0 Å². The quantitative estimate of drug-likeness (QED) is 0.874. The molecule has 0 spiro atoms. The van der Waals surface area contributed by atoms with Gasteiger partial charge in [0, 0.05) is 17.1 Å². The van der Waals surface area contributed by atoms with Gasteiger partial charge in [-0.15, -0.1) is 0 Å². The molecule has 3 nitrogen and oxygen atoms in total. The van der Waals surface area contributed by atoms with Crippen molar-refractivity contribution in [3.05, 3.63) is 22.2 Å². The molecule has 0 amide bonds. The molecule has 0 radical (unpaired) electrons. The van der Waals surface area contributed by atoms with Crippen LogP contribution in [-0.4, -0.2) is 19.8 Å². The third kappa shape index (κ3) is 4.21. The topological polar surface area (TPSA) is 30.5 Å². The number of halogens is 1. The predicted octanol–water partition coefficient (Wildman–Crippen LogP) is 3.35. The number of nitrogens with one attached hydrogen (secondary N) is 1. The van der Waals surface area contributed by atoms with Crippen LogP contribution in [0.2, 0.25) is 0 Å². The van der Waals surface area contributed by atoms with E-state index in [-0.39, 0.29) is 0 Å². The standard InChI is InChI=1S/C13H20BrNO2/c1-5-17-13-6-10(8-15-9(2)3)11(14)7-12(13)16-4/h6-7,9,15H,5,8H2,1-4H3. The average Bonchev–Trinajstić information content (AvgIpc) is 2.29. The highest BCUT2D eigenvalue weighted by Crippen LogP contribution is 2.33. The third-order valence-corrected chi connectivity index (χ3v) is 3.07. The van der Waals surface area contributed by atoms with Gasteiger partial charge in [-0.1, -0.05) is 29.8 Å². The highest BCUT2D eigenvalue weighted by atomic mass is 79.9. The molecule has 1 aromatic rings. The maximum absolute atomic E-state index is 5.56. The van der Waals surface area contributed by atoms with Crippen LogP contribution in [0.1, 0.15) is 26.3 Å². The van der Waals surface area contributed by atoms with E-state index in [2.05, 4.69) is 35.1 Å². The van der Waals surface area contributed by atoms with Crippen molar-refractivity contribution in [2.24, 2.45) is 0 Å². The Hall–Kier alpha value is -0.740. The molecule has 0 unspecified atom stereocenters. The summed E-state index contributed by atoms with van der Waals surface area (Å²) in [5.41, 5.74) is 1.17. The summed E-state index contributed by atoms with van der Waals surface area (Å²) in [6.07, 6.45) is 0. The second-order valence-corrected chi connectivity index (χ2v) is 4.92. The average molecular weight is 302 g/mol. The molecule has 0 aliphatic rings. The first-order chi connectivity index (χ1) is 8.08. The van der Waals surface area contributed by atoms with Gasteiger partial charge in [0.2, 0.25) is 0 Å². The van der Waals surface area contributed by atoms with Crippen molar-refractivity contribution in [2.45, 2.75) is 33.4 Å². The molecular weight excluding hydrogens is 282 g/mol. The Morgan fingerprint density at radius 1 is 1.29 bits per heavy atom. The zero-order valence-corrected chi connectivity index (χ0v) is 12.4. The first-order valence-electron chi connectivity index (χ1n) is 5.81. The summed E-state index contributed by atoms with van der Waals surface area (Å²) in [4.78, 5) is 0. The van der Waals surface area contributed by atoms with Gasteiger partial charge in [0.05, 0.1) is 13.7 Å². The highest BCUT2D eigenvalue weighted by molar-refractivity contribution is 9.10. The summed E-state index contributed by atoms with van der Waals surface area (Å²) in [5, 5.41) is 3.38. The van der Waals surface area contributed by atoms with Crippen LogP contribution in [0.4, 0.5) is 0 Å². The van der Waals surface area contributed by atoms with Crippen LogP contribution < -0.4 is 14.8 Å². The van der Waals surface area contributed by atoms with E-state index in [0.717, 1.165) is 22.5 Å². The van der Waals surface area contributed by atoms with Crippen LogP contribution in [0.25, 0.3) is 0 Å². The minimum Gasteiger partial charge on any atom is -0.493 e. The van der Waals surface area contributed by atoms with Crippen LogP contribution in [0.5, 0.6) is 11.5 Å². The Morgan fingerprint density at radius 2 is 2.00 bits per heavy atom. The first kappa shape index (κ1) is 14.3. The Labute approximate surface area is 112 Å². The number of methoxy groups -OCH3 is 1. The van der Waals surface area contributed by atoms with Gasteiger partial charge in [-0.05, 0) is 24.6 Å². The predicted molar refractivity (Wildman–Crippen MR) is 73.8 cm³/mol. The summed E-state index contributed by atoms with van der Waals surface area (Å²) in [7, 11) is 1.65. The molecule has 0 aliphatic carbocycles. The van der Waals surface area contributed by atoms with Crippen LogP contribution >= 0.6 is 15.9 Å². The minimum atomic E-state index is 0.458. The molecule has 0 saturated heterocycles. The molecule has 1 rings (SSSR count). The molecule has 0 aromatic heterocycles. The van der Waals surface area contributed by atoms with Gasteiger partial charge in [0.25, 0.3) is 0 Å². The SMILES string of the molecule is CCOc1cc(CNC(C)C)c(Br)cc1OC. The lowest BCUT2D eigenvalue weighted by molar-refractivity contribution is 0.310. The maximum Gasteiger partial charge on any atom is 0.161 e. The fourth-order valence-corrected chi connectivity index (χ4v) is 1.92. The smallest absolute Gasteiger partial charge is 0.161 e. The molecule has 1 aromatic carbocycles. The van der Waals surface area contributed by atoms with Crippen LogP contribution in [-0.2, 0) is 6.54 Å². The number of rotatable bonds is 6. The minimum absolute atomic E-state index is 0.458. The lowest BCUT2D eigenvalue weighted by Crippen LogP contribution is -2.22. The van der Waals surface area contributed by atoms with E-state index in [4.69, 9.17) is 9.47 Å². The van der Waals surface area contributed by atoms with Crippen molar-refractivity contribution >= 4 is 15.9 Å². The van der Waals surface area contributed by atoms with Crippen molar-refractivity contribution < 1.29 is 9.47 Å². The van der Waals surface area contributed by atoms with E-state index in [1.54, 1.807) is 7.11 Å². The van der Waals surface area contributed by atoms with E-state index in [0.29, 0.717) is 12.6 Å². The normalized spacial score (nSPS) is 10.7. The Morgan fingerprint density at radius 3 is 2.53 bits per heavy atom. The van der Waals surface area contributed by atoms with Crippen molar-refractivity contribution in [1.82, 2.24) is 5.32 Å². The van der Waals surface area contributed by atoms with Gasteiger partial charge >= 0.3 is 0 Å². The highest BCUT2D eigenvalue weighted by Gasteiger charge is 2.10. The number of ether oxygens (including phenoxy) is 2. The van der Waals surface area contributed by atoms with Gasteiger partial charge < -0.3 is 14.8 Å². The Kier molecular flexibility index (Phi) is 5.78. The summed E-state index contributed by atoms with van der Waals surface area (Å²) < 4.78 is 11.9. The second kappa shape index (κ2) is 6.87. The van der Waals surface area contributed by atoms with Crippen molar-refractivity contribution in [1.29, 1.82) is 0 Å². The molecule has 0 saturated carbocycles. The summed E-state index contributed by atoms with van der Waals surface area (Å²) in [6, 6.07) is 4.42. The monoisotopic (exact) mass is 301 g/mol. The van der Waals surface area contributed by atoms with Gasteiger partial charge in [-0.2, -0.15) is 0 Å². The lowest BCUT2D eigenvalue weighted by atomic mass is 10.2. The largest absolute Gasteiger partial charge is 0.493 e. The van der Waals surface area contributed by atoms with Crippen molar-refractivity contribution in [3.8, 4) is 11.5 Å². The maximum atomic E-state index is 5.56. The molecule has 0 bridgehead atoms. The van der Waals surface area contributed by atoms with Crippen molar-refractivity contribution in [2.75, 3.05) is 13.7 Å². The fourth-order valence-electron chi connectivity index (χ4n) is 1.45. The molecule has 0 aliphatic heterocycles. The Bertz CT molecular complexity index is 367. The van der Waals surface area contributed by atoms with Crippen LogP contribution in [0.15, 0.2) is 16.6 Å². The number of hydrogen-bond donors (Lipinski definition) is 1. The molecule has 1 N–H and O–H groups in total. The summed E-state index contributed by atoms with van der Waals surface area (Å²) in [6.45, 7) is 7.66. The van der Waals surface area contributed by atoms with E-state index in [9.17, 15) is 0 Å². The summed E-state index contributed by atoms with van der Waals surface area (Å²) >= 11 is 3.55. The van der Waals surface area contributed by atoms with Crippen LogP contribution in [0, 0.1) is 0 Å². The van der Waals surface area contributed by atoms with Gasteiger partial charge in [-0.3, -0.25) is 0 Å². The second-order valence-electron chi connectivity index (χ2n) is 4.06. The summed E-state index contributed by atoms with van der Waals surface area (Å²) in [5.74, 6) is 1.55. The zero-order valence-electron chi connectivity index (χ0n) is 10.8. The van der Waals surface area contributed by atoms with Gasteiger partial charge in [0.15, 0.2) is 11.5 Å². The van der Waals surface area contributed by atoms with E-state index in [1.165, 1.54) is 5.56 Å². The van der Waals surface area contributed by atoms with E-state index >= 15 is 0 Å². The first-order valence-corrected chi connectivity index (χ1v) is 6.60. The third-order valence-electron chi connectivity index (χ3n) is 2.33. The number of hydrogen-bond acceptors (Lipinski definition) is 3. The lowest BCUT2D eigenvalue weighted by Gasteiger charge is -2.14. The molecule has 4 heteroatoms. The molecule has 0 fully saturated rings. The van der Waals surface area contributed by atoms with Gasteiger partial charge in [0.1, 0.15) is 0 Å². The molecule has 0 heterocycles. The molecule has 96 valence electrons. The fraction of sp³-hybridized carbons (Fsp3) is 0.538. The van der Waals surface area contributed by atoms with Gasteiger partial charge in [-0.25, -0.2) is 0 Å². The van der Waals surface area contributed by atoms with E-state index < -0.39 is 0 Å². The van der Waals surface area contributed by atoms with Crippen LogP contribution in [0.3, 0.4) is 0 Å². The zero-order chi connectivity index (χ0) is 12.8.